The second kappa shape index (κ2) is 7.84. The van der Waals surface area contributed by atoms with E-state index in [4.69, 9.17) is 0 Å². The van der Waals surface area contributed by atoms with Gasteiger partial charge in [-0.2, -0.15) is 17.6 Å². The number of benzene rings is 1. The Hall–Kier alpha value is -2.52. The average molecular weight is 350 g/mol. The Morgan fingerprint density at radius 3 is 2.46 bits per heavy atom. The van der Waals surface area contributed by atoms with Gasteiger partial charge in [0.05, 0.1) is 0 Å². The van der Waals surface area contributed by atoms with E-state index in [1.165, 1.54) is 6.07 Å². The Bertz CT molecular complexity index is 612. The predicted molar refractivity (Wildman–Crippen MR) is 74.1 cm³/mol. The van der Waals surface area contributed by atoms with Gasteiger partial charge in [0, 0.05) is 18.3 Å². The molecule has 1 aliphatic heterocycles. The molecule has 0 spiro atoms. The van der Waals surface area contributed by atoms with Crippen LogP contribution in [0.25, 0.3) is 0 Å². The second-order valence-corrected chi connectivity index (χ2v) is 4.89. The molecule has 1 fully saturated rings. The van der Waals surface area contributed by atoms with Gasteiger partial charge >= 0.3 is 13.2 Å². The van der Waals surface area contributed by atoms with Crippen molar-refractivity contribution in [3.05, 3.63) is 18.2 Å². The first-order chi connectivity index (χ1) is 11.4. The summed E-state index contributed by atoms with van der Waals surface area (Å²) in [4.78, 5) is 23.7. The highest BCUT2D eigenvalue weighted by Crippen LogP contribution is 2.33. The van der Waals surface area contributed by atoms with Gasteiger partial charge in [-0.3, -0.25) is 9.59 Å². The summed E-state index contributed by atoms with van der Waals surface area (Å²) < 4.78 is 57.4. The van der Waals surface area contributed by atoms with Gasteiger partial charge in [0.15, 0.2) is 11.5 Å². The molecule has 0 unspecified atom stereocenters. The molecule has 24 heavy (non-hydrogen) atoms. The third-order valence-corrected chi connectivity index (χ3v) is 3.25. The van der Waals surface area contributed by atoms with Crippen LogP contribution in [0.3, 0.4) is 0 Å². The number of carbonyl (C=O) groups is 2. The first kappa shape index (κ1) is 17.8. The van der Waals surface area contributed by atoms with Crippen LogP contribution in [0, 0.1) is 5.92 Å². The van der Waals surface area contributed by atoms with Crippen LogP contribution >= 0.6 is 0 Å². The molecule has 1 aromatic rings. The van der Waals surface area contributed by atoms with E-state index in [9.17, 15) is 27.2 Å². The second-order valence-electron chi connectivity index (χ2n) is 4.89. The van der Waals surface area contributed by atoms with Crippen molar-refractivity contribution in [1.82, 2.24) is 5.32 Å². The normalized spacial score (nSPS) is 17.6. The largest absolute Gasteiger partial charge is 0.431 e. The molecule has 10 heteroatoms. The number of hydrogen-bond donors (Lipinski definition) is 2. The molecule has 1 aromatic carbocycles. The molecule has 0 radical (unpaired) electrons. The van der Waals surface area contributed by atoms with Crippen molar-refractivity contribution in [2.75, 3.05) is 11.9 Å². The number of amides is 2. The minimum Gasteiger partial charge on any atom is -0.431 e. The van der Waals surface area contributed by atoms with Gasteiger partial charge in [-0.25, -0.2) is 0 Å². The van der Waals surface area contributed by atoms with Crippen molar-refractivity contribution in [2.24, 2.45) is 5.92 Å². The lowest BCUT2D eigenvalue weighted by Gasteiger charge is -2.21. The van der Waals surface area contributed by atoms with E-state index in [2.05, 4.69) is 20.1 Å². The van der Waals surface area contributed by atoms with E-state index in [0.29, 0.717) is 19.4 Å². The van der Waals surface area contributed by atoms with Crippen molar-refractivity contribution >= 4 is 17.5 Å². The van der Waals surface area contributed by atoms with E-state index < -0.39 is 42.5 Å². The summed E-state index contributed by atoms with van der Waals surface area (Å²) in [6.07, 6.45) is 0.982. The number of rotatable bonds is 6. The van der Waals surface area contributed by atoms with Gasteiger partial charge in [0.25, 0.3) is 0 Å². The minimum atomic E-state index is -3.26. The quantitative estimate of drug-likeness (QED) is 0.610. The first-order valence-corrected chi connectivity index (χ1v) is 6.99. The Morgan fingerprint density at radius 1 is 1.17 bits per heavy atom. The van der Waals surface area contributed by atoms with Gasteiger partial charge in [0.1, 0.15) is 5.92 Å². The highest BCUT2D eigenvalue weighted by Gasteiger charge is 2.29. The molecular formula is C14H14F4N2O4. The fourth-order valence-corrected chi connectivity index (χ4v) is 2.22. The van der Waals surface area contributed by atoms with Crippen LogP contribution < -0.4 is 20.1 Å². The van der Waals surface area contributed by atoms with Crippen LogP contribution in [0.1, 0.15) is 12.8 Å². The summed E-state index contributed by atoms with van der Waals surface area (Å²) in [7, 11) is 0. The fourth-order valence-electron chi connectivity index (χ4n) is 2.22. The third kappa shape index (κ3) is 4.74. The van der Waals surface area contributed by atoms with Crippen LogP contribution in [0.5, 0.6) is 11.5 Å². The number of ether oxygens (including phenoxy) is 2. The Balaban J connectivity index is 2.14. The van der Waals surface area contributed by atoms with Gasteiger partial charge in [0.2, 0.25) is 11.8 Å². The molecule has 2 rings (SSSR count). The van der Waals surface area contributed by atoms with E-state index in [1.807, 2.05) is 0 Å². The van der Waals surface area contributed by atoms with Crippen molar-refractivity contribution < 1.29 is 36.6 Å². The molecule has 1 aliphatic rings. The smallest absolute Gasteiger partial charge is 0.387 e. The molecule has 2 N–H and O–H groups in total. The number of anilines is 1. The summed E-state index contributed by atoms with van der Waals surface area (Å²) in [6.45, 7) is -6.01. The Labute approximate surface area is 134 Å². The number of hydrogen-bond acceptors (Lipinski definition) is 4. The molecule has 6 nitrogen and oxygen atoms in total. The van der Waals surface area contributed by atoms with Crippen LogP contribution in [-0.2, 0) is 9.59 Å². The molecule has 0 aromatic heterocycles. The van der Waals surface area contributed by atoms with E-state index in [-0.39, 0.29) is 5.69 Å². The van der Waals surface area contributed by atoms with E-state index in [1.54, 1.807) is 0 Å². The summed E-state index contributed by atoms with van der Waals surface area (Å²) >= 11 is 0. The SMILES string of the molecule is O=C1NCCC[C@@H]1C(=O)Nc1ccc(OC(F)F)c(OC(F)F)c1. The lowest BCUT2D eigenvalue weighted by Crippen LogP contribution is -2.42. The zero-order valence-corrected chi connectivity index (χ0v) is 12.2. The minimum absolute atomic E-state index is 0.00985. The number of piperidine rings is 1. The molecular weight excluding hydrogens is 336 g/mol. The topological polar surface area (TPSA) is 76.7 Å². The van der Waals surface area contributed by atoms with Crippen LogP contribution in [0.4, 0.5) is 23.2 Å². The average Bonchev–Trinajstić information content (AvgIpc) is 2.49. The molecule has 1 heterocycles. The zero-order valence-electron chi connectivity index (χ0n) is 12.2. The molecule has 0 saturated carbocycles. The van der Waals surface area contributed by atoms with Crippen LogP contribution in [0.2, 0.25) is 0 Å². The molecule has 1 saturated heterocycles. The molecule has 1 atom stereocenters. The van der Waals surface area contributed by atoms with E-state index in [0.717, 1.165) is 12.1 Å². The van der Waals surface area contributed by atoms with Gasteiger partial charge < -0.3 is 20.1 Å². The summed E-state index contributed by atoms with van der Waals surface area (Å²) in [5.74, 6) is -3.22. The van der Waals surface area contributed by atoms with Crippen molar-refractivity contribution in [1.29, 1.82) is 0 Å². The number of halogens is 4. The van der Waals surface area contributed by atoms with Crippen molar-refractivity contribution in [3.8, 4) is 11.5 Å². The lowest BCUT2D eigenvalue weighted by molar-refractivity contribution is -0.134. The first-order valence-electron chi connectivity index (χ1n) is 6.99. The molecule has 0 bridgehead atoms. The molecule has 2 amide bonds. The maximum absolute atomic E-state index is 12.4. The number of nitrogens with one attached hydrogen (secondary N) is 2. The number of carbonyl (C=O) groups excluding carboxylic acids is 2. The Morgan fingerprint density at radius 2 is 1.83 bits per heavy atom. The summed E-state index contributed by atoms with van der Waals surface area (Å²) in [5.41, 5.74) is 0.00985. The fraction of sp³-hybridized carbons (Fsp3) is 0.429. The molecule has 132 valence electrons. The predicted octanol–water partition coefficient (Wildman–Crippen LogP) is 2.35. The Kier molecular flexibility index (Phi) is 5.83. The van der Waals surface area contributed by atoms with Crippen LogP contribution in [0.15, 0.2) is 18.2 Å². The van der Waals surface area contributed by atoms with Gasteiger partial charge in [-0.15, -0.1) is 0 Å². The van der Waals surface area contributed by atoms with Gasteiger partial charge in [-0.05, 0) is 25.0 Å². The van der Waals surface area contributed by atoms with Gasteiger partial charge in [-0.1, -0.05) is 0 Å². The van der Waals surface area contributed by atoms with Crippen molar-refractivity contribution in [3.63, 3.8) is 0 Å². The lowest BCUT2D eigenvalue weighted by atomic mass is 9.98. The standard InChI is InChI=1S/C14H14F4N2O4/c15-13(16)23-9-4-3-7(6-10(9)24-14(17)18)20-12(22)8-2-1-5-19-11(8)21/h3-4,6,8,13-14H,1-2,5H2,(H,19,21)(H,20,22)/t8-/m0/s1. The maximum Gasteiger partial charge on any atom is 0.387 e. The zero-order chi connectivity index (χ0) is 17.7. The summed E-state index contributed by atoms with van der Waals surface area (Å²) in [6, 6.07) is 3.05. The summed E-state index contributed by atoms with van der Waals surface area (Å²) in [5, 5.41) is 4.91. The molecule has 0 aliphatic carbocycles. The third-order valence-electron chi connectivity index (χ3n) is 3.25. The van der Waals surface area contributed by atoms with Crippen molar-refractivity contribution in [2.45, 2.75) is 26.1 Å². The highest BCUT2D eigenvalue weighted by atomic mass is 19.3. The monoisotopic (exact) mass is 350 g/mol. The maximum atomic E-state index is 12.4. The van der Waals surface area contributed by atoms with Crippen LogP contribution in [-0.4, -0.2) is 31.6 Å². The highest BCUT2D eigenvalue weighted by molar-refractivity contribution is 6.06. The van der Waals surface area contributed by atoms with E-state index >= 15 is 0 Å². The number of alkyl halides is 4.